The fraction of sp³-hybridized carbons (Fsp3) is 0.412. The SMILES string of the molecule is CC(C)c1cc(N2CCC(N)C2)nc(-c2ccc(Cl)cc2)n1. The monoisotopic (exact) mass is 316 g/mol. The third-order valence-electron chi connectivity index (χ3n) is 3.98. The highest BCUT2D eigenvalue weighted by Gasteiger charge is 2.22. The van der Waals surface area contributed by atoms with E-state index in [1.54, 1.807) is 0 Å². The highest BCUT2D eigenvalue weighted by molar-refractivity contribution is 6.30. The van der Waals surface area contributed by atoms with Crippen LogP contribution in [-0.2, 0) is 0 Å². The molecule has 2 N–H and O–H groups in total. The van der Waals surface area contributed by atoms with E-state index in [0.717, 1.165) is 47.4 Å². The maximum atomic E-state index is 6.03. The van der Waals surface area contributed by atoms with Crippen LogP contribution < -0.4 is 10.6 Å². The Balaban J connectivity index is 2.02. The molecule has 1 aliphatic rings. The van der Waals surface area contributed by atoms with Crippen LogP contribution in [0.5, 0.6) is 0 Å². The molecule has 2 aromatic rings. The molecule has 1 atom stereocenters. The molecule has 1 saturated heterocycles. The van der Waals surface area contributed by atoms with Gasteiger partial charge >= 0.3 is 0 Å². The molecule has 0 saturated carbocycles. The quantitative estimate of drug-likeness (QED) is 0.942. The summed E-state index contributed by atoms with van der Waals surface area (Å²) in [6, 6.07) is 9.98. The van der Waals surface area contributed by atoms with E-state index < -0.39 is 0 Å². The molecule has 5 heteroatoms. The van der Waals surface area contributed by atoms with Crippen LogP contribution in [0.15, 0.2) is 30.3 Å². The van der Waals surface area contributed by atoms with Crippen molar-refractivity contribution in [3.8, 4) is 11.4 Å². The molecular weight excluding hydrogens is 296 g/mol. The molecule has 0 radical (unpaired) electrons. The first-order valence-corrected chi connectivity index (χ1v) is 8.06. The van der Waals surface area contributed by atoms with E-state index >= 15 is 0 Å². The van der Waals surface area contributed by atoms with Crippen LogP contribution in [0.25, 0.3) is 11.4 Å². The van der Waals surface area contributed by atoms with Crippen molar-refractivity contribution in [2.75, 3.05) is 18.0 Å². The van der Waals surface area contributed by atoms with Crippen molar-refractivity contribution in [1.82, 2.24) is 9.97 Å². The van der Waals surface area contributed by atoms with Gasteiger partial charge in [-0.05, 0) is 36.6 Å². The van der Waals surface area contributed by atoms with Gasteiger partial charge in [-0.2, -0.15) is 0 Å². The van der Waals surface area contributed by atoms with Crippen LogP contribution in [0.2, 0.25) is 5.02 Å². The smallest absolute Gasteiger partial charge is 0.161 e. The van der Waals surface area contributed by atoms with Gasteiger partial charge in [0.05, 0.1) is 0 Å². The molecule has 1 aromatic carbocycles. The van der Waals surface area contributed by atoms with E-state index in [-0.39, 0.29) is 6.04 Å². The molecule has 1 aliphatic heterocycles. The number of benzene rings is 1. The summed E-state index contributed by atoms with van der Waals surface area (Å²) < 4.78 is 0. The number of nitrogens with zero attached hydrogens (tertiary/aromatic N) is 3. The lowest BCUT2D eigenvalue weighted by Gasteiger charge is -2.19. The molecule has 4 nitrogen and oxygen atoms in total. The molecule has 0 amide bonds. The van der Waals surface area contributed by atoms with Crippen LogP contribution in [0, 0.1) is 0 Å². The molecule has 116 valence electrons. The Morgan fingerprint density at radius 1 is 1.23 bits per heavy atom. The second-order valence-corrected chi connectivity index (χ2v) is 6.57. The minimum Gasteiger partial charge on any atom is -0.355 e. The average Bonchev–Trinajstić information content (AvgIpc) is 2.94. The van der Waals surface area contributed by atoms with Gasteiger partial charge in [0.2, 0.25) is 0 Å². The molecular formula is C17H21ClN4. The van der Waals surface area contributed by atoms with Crippen molar-refractivity contribution in [3.05, 3.63) is 41.0 Å². The molecule has 3 rings (SSSR count). The van der Waals surface area contributed by atoms with Crippen LogP contribution in [0.3, 0.4) is 0 Å². The first-order valence-electron chi connectivity index (χ1n) is 7.68. The van der Waals surface area contributed by atoms with Crippen LogP contribution in [-0.4, -0.2) is 29.1 Å². The first kappa shape index (κ1) is 15.3. The highest BCUT2D eigenvalue weighted by atomic mass is 35.5. The molecule has 1 aromatic heterocycles. The number of halogens is 1. The van der Waals surface area contributed by atoms with Gasteiger partial charge in [0.25, 0.3) is 0 Å². The first-order chi connectivity index (χ1) is 10.5. The lowest BCUT2D eigenvalue weighted by molar-refractivity contribution is 0.750. The summed E-state index contributed by atoms with van der Waals surface area (Å²) in [4.78, 5) is 11.7. The molecule has 2 heterocycles. The van der Waals surface area contributed by atoms with Crippen molar-refractivity contribution in [2.45, 2.75) is 32.2 Å². The molecule has 22 heavy (non-hydrogen) atoms. The van der Waals surface area contributed by atoms with Gasteiger partial charge in [-0.3, -0.25) is 0 Å². The lowest BCUT2D eigenvalue weighted by atomic mass is 10.1. The number of hydrogen-bond acceptors (Lipinski definition) is 4. The Labute approximate surface area is 136 Å². The largest absolute Gasteiger partial charge is 0.355 e. The maximum absolute atomic E-state index is 6.03. The minimum atomic E-state index is 0.233. The molecule has 0 bridgehead atoms. The number of anilines is 1. The van der Waals surface area contributed by atoms with Crippen molar-refractivity contribution in [2.24, 2.45) is 5.73 Å². The van der Waals surface area contributed by atoms with Crippen molar-refractivity contribution >= 4 is 17.4 Å². The lowest BCUT2D eigenvalue weighted by Crippen LogP contribution is -2.27. The summed E-state index contributed by atoms with van der Waals surface area (Å²) in [5.74, 6) is 2.07. The number of hydrogen-bond donors (Lipinski definition) is 1. The molecule has 1 fully saturated rings. The van der Waals surface area contributed by atoms with E-state index in [2.05, 4.69) is 24.8 Å². The summed E-state index contributed by atoms with van der Waals surface area (Å²) in [5, 5.41) is 0.717. The second-order valence-electron chi connectivity index (χ2n) is 6.13. The Kier molecular flexibility index (Phi) is 4.32. The standard InChI is InChI=1S/C17H21ClN4/c1-11(2)15-9-16(22-8-7-14(19)10-22)21-17(20-15)12-3-5-13(18)6-4-12/h3-6,9,11,14H,7-8,10,19H2,1-2H3. The van der Waals surface area contributed by atoms with Gasteiger partial charge in [0.15, 0.2) is 5.82 Å². The Morgan fingerprint density at radius 3 is 2.55 bits per heavy atom. The van der Waals surface area contributed by atoms with Crippen molar-refractivity contribution in [3.63, 3.8) is 0 Å². The molecule has 1 unspecified atom stereocenters. The number of aromatic nitrogens is 2. The predicted molar refractivity (Wildman–Crippen MR) is 91.4 cm³/mol. The highest BCUT2D eigenvalue weighted by Crippen LogP contribution is 2.26. The Bertz CT molecular complexity index is 654. The third kappa shape index (κ3) is 3.23. The topological polar surface area (TPSA) is 55.0 Å². The zero-order valence-corrected chi connectivity index (χ0v) is 13.7. The van der Waals surface area contributed by atoms with E-state index in [9.17, 15) is 0 Å². The molecule has 0 aliphatic carbocycles. The maximum Gasteiger partial charge on any atom is 0.161 e. The zero-order chi connectivity index (χ0) is 15.7. The van der Waals surface area contributed by atoms with Gasteiger partial charge in [-0.1, -0.05) is 25.4 Å². The molecule has 0 spiro atoms. The van der Waals surface area contributed by atoms with Crippen LogP contribution >= 0.6 is 11.6 Å². The van der Waals surface area contributed by atoms with E-state index in [1.807, 2.05) is 24.3 Å². The normalized spacial score (nSPS) is 18.2. The zero-order valence-electron chi connectivity index (χ0n) is 13.0. The Morgan fingerprint density at radius 2 is 1.95 bits per heavy atom. The summed E-state index contributed by atoms with van der Waals surface area (Å²) in [6.07, 6.45) is 1.01. The van der Waals surface area contributed by atoms with Gasteiger partial charge in [-0.25, -0.2) is 9.97 Å². The van der Waals surface area contributed by atoms with Crippen LogP contribution in [0.1, 0.15) is 31.9 Å². The summed E-state index contributed by atoms with van der Waals surface area (Å²) in [6.45, 7) is 6.10. The minimum absolute atomic E-state index is 0.233. The van der Waals surface area contributed by atoms with E-state index in [1.165, 1.54) is 0 Å². The Hall–Kier alpha value is -1.65. The van der Waals surface area contributed by atoms with E-state index in [0.29, 0.717) is 5.92 Å². The average molecular weight is 317 g/mol. The van der Waals surface area contributed by atoms with E-state index in [4.69, 9.17) is 27.3 Å². The summed E-state index contributed by atoms with van der Waals surface area (Å²) in [7, 11) is 0. The fourth-order valence-corrected chi connectivity index (χ4v) is 2.76. The van der Waals surface area contributed by atoms with Gasteiger partial charge < -0.3 is 10.6 Å². The second kappa shape index (κ2) is 6.23. The van der Waals surface area contributed by atoms with Crippen molar-refractivity contribution < 1.29 is 0 Å². The summed E-state index contributed by atoms with van der Waals surface area (Å²) >= 11 is 5.97. The third-order valence-corrected chi connectivity index (χ3v) is 4.23. The van der Waals surface area contributed by atoms with Gasteiger partial charge in [0.1, 0.15) is 5.82 Å². The predicted octanol–water partition coefficient (Wildman–Crippen LogP) is 3.46. The van der Waals surface area contributed by atoms with Gasteiger partial charge in [0, 0.05) is 41.5 Å². The number of rotatable bonds is 3. The van der Waals surface area contributed by atoms with Gasteiger partial charge in [-0.15, -0.1) is 0 Å². The number of nitrogens with two attached hydrogens (primary N) is 1. The van der Waals surface area contributed by atoms with Crippen LogP contribution in [0.4, 0.5) is 5.82 Å². The summed E-state index contributed by atoms with van der Waals surface area (Å²) in [5.41, 5.74) is 8.06. The fourth-order valence-electron chi connectivity index (χ4n) is 2.63. The van der Waals surface area contributed by atoms with Crippen molar-refractivity contribution in [1.29, 1.82) is 0 Å².